The molecule has 1 fully saturated rings. The molecule has 2 N–H and O–H groups in total. The van der Waals surface area contributed by atoms with Gasteiger partial charge in [-0.15, -0.1) is 0 Å². The quantitative estimate of drug-likeness (QED) is 0.890. The van der Waals surface area contributed by atoms with Gasteiger partial charge in [0.05, 0.1) is 11.4 Å². The largest absolute Gasteiger partial charge is 0.506 e. The zero-order valence-corrected chi connectivity index (χ0v) is 13.8. The van der Waals surface area contributed by atoms with Gasteiger partial charge in [0.2, 0.25) is 5.91 Å². The average Bonchev–Trinajstić information content (AvgIpc) is 3.12. The van der Waals surface area contributed by atoms with Crippen LogP contribution in [0.4, 0.5) is 0 Å². The van der Waals surface area contributed by atoms with Gasteiger partial charge in [-0.1, -0.05) is 17.7 Å². The van der Waals surface area contributed by atoms with Crippen molar-refractivity contribution in [3.63, 3.8) is 0 Å². The van der Waals surface area contributed by atoms with E-state index in [1.807, 2.05) is 0 Å². The highest BCUT2D eigenvalue weighted by molar-refractivity contribution is 6.32. The number of carbonyl (C=O) groups excluding carboxylic acids is 2. The Kier molecular flexibility index (Phi) is 4.76. The number of carbonyl (C=O) groups is 2. The predicted octanol–water partition coefficient (Wildman–Crippen LogP) is 1.90. The van der Waals surface area contributed by atoms with E-state index in [9.17, 15) is 14.7 Å². The molecule has 1 aromatic carbocycles. The first-order valence-electron chi connectivity index (χ1n) is 7.72. The van der Waals surface area contributed by atoms with Crippen LogP contribution in [0.2, 0.25) is 5.02 Å². The second-order valence-corrected chi connectivity index (χ2v) is 6.13. The number of amides is 2. The van der Waals surface area contributed by atoms with Gasteiger partial charge < -0.3 is 19.9 Å². The Hall–Kier alpha value is -2.47. The van der Waals surface area contributed by atoms with Crippen LogP contribution in [-0.4, -0.2) is 57.9 Å². The molecular formula is C17H18ClN3O3. The minimum Gasteiger partial charge on any atom is -0.506 e. The summed E-state index contributed by atoms with van der Waals surface area (Å²) in [7, 11) is 0. The Morgan fingerprint density at radius 1 is 1.12 bits per heavy atom. The first kappa shape index (κ1) is 16.4. The van der Waals surface area contributed by atoms with Crippen LogP contribution < -0.4 is 0 Å². The molecule has 126 valence electrons. The van der Waals surface area contributed by atoms with Crippen molar-refractivity contribution < 1.29 is 14.7 Å². The van der Waals surface area contributed by atoms with Gasteiger partial charge in [0.15, 0.2) is 0 Å². The lowest BCUT2D eigenvalue weighted by Gasteiger charge is -2.34. The molecule has 0 aliphatic carbocycles. The maximum absolute atomic E-state index is 12.4. The maximum atomic E-state index is 12.4. The Morgan fingerprint density at radius 3 is 2.46 bits per heavy atom. The van der Waals surface area contributed by atoms with Crippen LogP contribution >= 0.6 is 11.6 Å². The van der Waals surface area contributed by atoms with E-state index in [4.69, 9.17) is 11.6 Å². The van der Waals surface area contributed by atoms with Gasteiger partial charge in [-0.25, -0.2) is 0 Å². The predicted molar refractivity (Wildman–Crippen MR) is 90.1 cm³/mol. The number of benzene rings is 1. The van der Waals surface area contributed by atoms with Gasteiger partial charge in [-0.3, -0.25) is 9.59 Å². The van der Waals surface area contributed by atoms with E-state index >= 15 is 0 Å². The minimum atomic E-state index is -0.0441. The van der Waals surface area contributed by atoms with Crippen LogP contribution in [0.25, 0.3) is 0 Å². The molecule has 1 aliphatic rings. The summed E-state index contributed by atoms with van der Waals surface area (Å²) >= 11 is 5.86. The fourth-order valence-electron chi connectivity index (χ4n) is 2.74. The van der Waals surface area contributed by atoms with Crippen LogP contribution in [-0.2, 0) is 11.2 Å². The molecule has 2 aromatic rings. The van der Waals surface area contributed by atoms with Gasteiger partial charge in [0.1, 0.15) is 11.4 Å². The fourth-order valence-corrected chi connectivity index (χ4v) is 2.94. The lowest BCUT2D eigenvalue weighted by molar-refractivity contribution is -0.131. The summed E-state index contributed by atoms with van der Waals surface area (Å²) in [5, 5.41) is 9.66. The summed E-state index contributed by atoms with van der Waals surface area (Å²) in [5.41, 5.74) is 1.32. The molecule has 6 nitrogen and oxygen atoms in total. The van der Waals surface area contributed by atoms with E-state index in [0.29, 0.717) is 31.9 Å². The monoisotopic (exact) mass is 347 g/mol. The standard InChI is InChI=1S/C17H18ClN3O3/c18-13-10-12(3-4-15(13)22)11-16(23)20-6-8-21(9-7-20)17(24)14-2-1-5-19-14/h1-5,10,19,22H,6-9,11H2. The van der Waals surface area contributed by atoms with Gasteiger partial charge >= 0.3 is 0 Å². The van der Waals surface area contributed by atoms with Gasteiger partial charge in [-0.05, 0) is 29.8 Å². The highest BCUT2D eigenvalue weighted by atomic mass is 35.5. The normalized spacial score (nSPS) is 14.7. The van der Waals surface area contributed by atoms with Gasteiger partial charge in [0, 0.05) is 32.4 Å². The molecule has 7 heteroatoms. The fraction of sp³-hybridized carbons (Fsp3) is 0.294. The van der Waals surface area contributed by atoms with Crippen molar-refractivity contribution in [2.75, 3.05) is 26.2 Å². The van der Waals surface area contributed by atoms with Crippen LogP contribution in [0.15, 0.2) is 36.5 Å². The summed E-state index contributed by atoms with van der Waals surface area (Å²) in [4.78, 5) is 31.0. The molecular weight excluding hydrogens is 330 g/mol. The van der Waals surface area contributed by atoms with Crippen molar-refractivity contribution >= 4 is 23.4 Å². The molecule has 2 heterocycles. The molecule has 2 amide bonds. The third-order valence-electron chi connectivity index (χ3n) is 4.12. The molecule has 24 heavy (non-hydrogen) atoms. The van der Waals surface area contributed by atoms with Crippen LogP contribution in [0, 0.1) is 0 Å². The summed E-state index contributed by atoms with van der Waals surface area (Å²) in [6.07, 6.45) is 1.94. The number of halogens is 1. The second-order valence-electron chi connectivity index (χ2n) is 5.72. The summed E-state index contributed by atoms with van der Waals surface area (Å²) in [5.74, 6) is -0.0505. The number of H-pyrrole nitrogens is 1. The van der Waals surface area contributed by atoms with E-state index in [1.54, 1.807) is 40.3 Å². The zero-order valence-electron chi connectivity index (χ0n) is 13.0. The van der Waals surface area contributed by atoms with Crippen LogP contribution in [0.5, 0.6) is 5.75 Å². The molecule has 0 unspecified atom stereocenters. The van der Waals surface area contributed by atoms with E-state index in [1.165, 1.54) is 6.07 Å². The highest BCUT2D eigenvalue weighted by Gasteiger charge is 2.25. The summed E-state index contributed by atoms with van der Waals surface area (Å²) in [6, 6.07) is 8.30. The first-order chi connectivity index (χ1) is 11.5. The molecule has 3 rings (SSSR count). The van der Waals surface area contributed by atoms with Crippen molar-refractivity contribution in [1.82, 2.24) is 14.8 Å². The van der Waals surface area contributed by atoms with E-state index < -0.39 is 0 Å². The third-order valence-corrected chi connectivity index (χ3v) is 4.42. The molecule has 1 aliphatic heterocycles. The summed E-state index contributed by atoms with van der Waals surface area (Å²) < 4.78 is 0. The number of nitrogens with zero attached hydrogens (tertiary/aromatic N) is 2. The van der Waals surface area contributed by atoms with Crippen molar-refractivity contribution in [3.8, 4) is 5.75 Å². The molecule has 0 radical (unpaired) electrons. The topological polar surface area (TPSA) is 76.6 Å². The molecule has 0 bridgehead atoms. The number of hydrogen-bond acceptors (Lipinski definition) is 3. The Labute approximate surface area is 144 Å². The number of phenols is 1. The Balaban J connectivity index is 1.55. The number of nitrogens with one attached hydrogen (secondary N) is 1. The first-order valence-corrected chi connectivity index (χ1v) is 8.10. The number of phenolic OH excluding ortho intramolecular Hbond substituents is 1. The SMILES string of the molecule is O=C(Cc1ccc(O)c(Cl)c1)N1CCN(C(=O)c2ccc[nH]2)CC1. The smallest absolute Gasteiger partial charge is 0.270 e. The Bertz CT molecular complexity index is 738. The number of hydrogen-bond donors (Lipinski definition) is 2. The number of aromatic nitrogens is 1. The van der Waals surface area contributed by atoms with Gasteiger partial charge in [0.25, 0.3) is 5.91 Å². The van der Waals surface area contributed by atoms with Crippen molar-refractivity contribution in [1.29, 1.82) is 0 Å². The van der Waals surface area contributed by atoms with Crippen molar-refractivity contribution in [3.05, 3.63) is 52.8 Å². The molecule has 1 aromatic heterocycles. The lowest BCUT2D eigenvalue weighted by Crippen LogP contribution is -2.51. The molecule has 0 spiro atoms. The van der Waals surface area contributed by atoms with E-state index in [-0.39, 0.29) is 29.0 Å². The number of rotatable bonds is 3. The number of aromatic amines is 1. The minimum absolute atomic E-state index is 0.00399. The number of aromatic hydroxyl groups is 1. The van der Waals surface area contributed by atoms with Crippen molar-refractivity contribution in [2.24, 2.45) is 0 Å². The lowest BCUT2D eigenvalue weighted by atomic mass is 10.1. The molecule has 0 atom stereocenters. The molecule has 1 saturated heterocycles. The van der Waals surface area contributed by atoms with E-state index in [2.05, 4.69) is 4.98 Å². The summed E-state index contributed by atoms with van der Waals surface area (Å²) in [6.45, 7) is 2.05. The molecule has 0 saturated carbocycles. The van der Waals surface area contributed by atoms with Crippen molar-refractivity contribution in [2.45, 2.75) is 6.42 Å². The zero-order chi connectivity index (χ0) is 17.1. The van der Waals surface area contributed by atoms with Crippen LogP contribution in [0.3, 0.4) is 0 Å². The van der Waals surface area contributed by atoms with Gasteiger partial charge in [-0.2, -0.15) is 0 Å². The maximum Gasteiger partial charge on any atom is 0.270 e. The van der Waals surface area contributed by atoms with E-state index in [0.717, 1.165) is 5.56 Å². The second kappa shape index (κ2) is 6.97. The number of piperazine rings is 1. The third kappa shape index (κ3) is 3.54. The Morgan fingerprint density at radius 2 is 1.83 bits per heavy atom. The average molecular weight is 348 g/mol. The highest BCUT2D eigenvalue weighted by Crippen LogP contribution is 2.24. The van der Waals surface area contributed by atoms with Crippen LogP contribution in [0.1, 0.15) is 16.1 Å².